The van der Waals surface area contributed by atoms with E-state index >= 15 is 0 Å². The van der Waals surface area contributed by atoms with Crippen molar-refractivity contribution in [3.63, 3.8) is 0 Å². The Bertz CT molecular complexity index is 1280. The fourth-order valence-electron chi connectivity index (χ4n) is 6.78. The molecule has 6 heteroatoms. The third-order valence-electron chi connectivity index (χ3n) is 10.6. The zero-order valence-corrected chi connectivity index (χ0v) is 40.8. The highest BCUT2D eigenvalue weighted by Crippen LogP contribution is 2.14. The molecule has 0 aliphatic heterocycles. The molecule has 0 aliphatic rings. The van der Waals surface area contributed by atoms with Crippen LogP contribution in [0, 0.1) is 0 Å². The van der Waals surface area contributed by atoms with Gasteiger partial charge in [0.2, 0.25) is 0 Å². The summed E-state index contributed by atoms with van der Waals surface area (Å²) in [6, 6.07) is 0. The number of unbranched alkanes of at least 4 members (excludes halogenated alkanes) is 18. The van der Waals surface area contributed by atoms with E-state index in [0.717, 1.165) is 135 Å². The number of hydrogen-bond acceptors (Lipinski definition) is 6. The lowest BCUT2D eigenvalue weighted by Gasteiger charge is -2.18. The highest BCUT2D eigenvalue weighted by atomic mass is 16.6. The van der Waals surface area contributed by atoms with Crippen LogP contribution in [0.1, 0.15) is 226 Å². The second-order valence-corrected chi connectivity index (χ2v) is 16.7. The monoisotopic (exact) mass is 875 g/mol. The maximum absolute atomic E-state index is 12.8. The van der Waals surface area contributed by atoms with Crippen molar-refractivity contribution in [3.05, 3.63) is 97.2 Å². The molecule has 1 atom stereocenters. The van der Waals surface area contributed by atoms with Gasteiger partial charge in [0, 0.05) is 19.3 Å². The summed E-state index contributed by atoms with van der Waals surface area (Å²) in [6.45, 7) is 6.35. The Morgan fingerprint density at radius 1 is 0.333 bits per heavy atom. The number of carbonyl (C=O) groups excluding carboxylic acids is 3. The van der Waals surface area contributed by atoms with Crippen molar-refractivity contribution in [1.29, 1.82) is 0 Å². The Hall–Kier alpha value is -3.67. The lowest BCUT2D eigenvalue weighted by Crippen LogP contribution is -2.30. The van der Waals surface area contributed by atoms with Crippen LogP contribution in [0.15, 0.2) is 97.2 Å². The van der Waals surface area contributed by atoms with Gasteiger partial charge in [0.25, 0.3) is 0 Å². The van der Waals surface area contributed by atoms with Crippen LogP contribution in [-0.2, 0) is 28.6 Å². The first-order valence-corrected chi connectivity index (χ1v) is 25.7. The molecule has 63 heavy (non-hydrogen) atoms. The zero-order valence-electron chi connectivity index (χ0n) is 40.8. The Morgan fingerprint density at radius 2 is 0.619 bits per heavy atom. The quantitative estimate of drug-likeness (QED) is 0.0262. The van der Waals surface area contributed by atoms with Crippen molar-refractivity contribution >= 4 is 17.9 Å². The molecule has 0 amide bonds. The average Bonchev–Trinajstić information content (AvgIpc) is 3.28. The lowest BCUT2D eigenvalue weighted by atomic mass is 10.1. The number of allylic oxidation sites excluding steroid dienone is 16. The van der Waals surface area contributed by atoms with E-state index in [-0.39, 0.29) is 31.1 Å². The second-order valence-electron chi connectivity index (χ2n) is 16.7. The van der Waals surface area contributed by atoms with E-state index in [0.29, 0.717) is 19.3 Å². The second kappa shape index (κ2) is 51.0. The van der Waals surface area contributed by atoms with E-state index in [1.165, 1.54) is 51.4 Å². The van der Waals surface area contributed by atoms with Gasteiger partial charge < -0.3 is 14.2 Å². The minimum atomic E-state index is -0.799. The number of rotatable bonds is 45. The fraction of sp³-hybridized carbons (Fsp3) is 0.667. The molecule has 0 spiro atoms. The molecule has 0 rings (SSSR count). The highest BCUT2D eigenvalue weighted by molar-refractivity contribution is 5.71. The summed E-state index contributed by atoms with van der Waals surface area (Å²) in [7, 11) is 0. The van der Waals surface area contributed by atoms with E-state index in [2.05, 4.69) is 118 Å². The highest BCUT2D eigenvalue weighted by Gasteiger charge is 2.19. The van der Waals surface area contributed by atoms with Gasteiger partial charge in [-0.2, -0.15) is 0 Å². The summed E-state index contributed by atoms with van der Waals surface area (Å²) in [4.78, 5) is 38.0. The van der Waals surface area contributed by atoms with E-state index in [1.807, 2.05) is 0 Å². The van der Waals surface area contributed by atoms with Crippen LogP contribution >= 0.6 is 0 Å². The van der Waals surface area contributed by atoms with Crippen LogP contribution < -0.4 is 0 Å². The van der Waals surface area contributed by atoms with Crippen molar-refractivity contribution in [2.24, 2.45) is 0 Å². The van der Waals surface area contributed by atoms with Gasteiger partial charge in [0.05, 0.1) is 0 Å². The van der Waals surface area contributed by atoms with Gasteiger partial charge in [-0.05, 0) is 96.3 Å². The van der Waals surface area contributed by atoms with Gasteiger partial charge in [0.1, 0.15) is 13.2 Å². The molecule has 0 aromatic heterocycles. The van der Waals surface area contributed by atoms with Crippen LogP contribution in [-0.4, -0.2) is 37.2 Å². The minimum absolute atomic E-state index is 0.0952. The van der Waals surface area contributed by atoms with Gasteiger partial charge in [-0.15, -0.1) is 0 Å². The normalized spacial score (nSPS) is 12.9. The average molecular weight is 875 g/mol. The molecule has 0 saturated carbocycles. The maximum atomic E-state index is 12.8. The first kappa shape index (κ1) is 59.3. The smallest absolute Gasteiger partial charge is 0.306 e. The fourth-order valence-corrected chi connectivity index (χ4v) is 6.78. The Morgan fingerprint density at radius 3 is 0.968 bits per heavy atom. The van der Waals surface area contributed by atoms with Gasteiger partial charge in [0.15, 0.2) is 6.10 Å². The zero-order chi connectivity index (χ0) is 45.8. The van der Waals surface area contributed by atoms with Crippen molar-refractivity contribution in [2.45, 2.75) is 232 Å². The Balaban J connectivity index is 4.47. The van der Waals surface area contributed by atoms with Gasteiger partial charge in [-0.3, -0.25) is 14.4 Å². The van der Waals surface area contributed by atoms with Crippen LogP contribution in [0.3, 0.4) is 0 Å². The van der Waals surface area contributed by atoms with Gasteiger partial charge in [-0.25, -0.2) is 0 Å². The molecule has 0 unspecified atom stereocenters. The van der Waals surface area contributed by atoms with Crippen molar-refractivity contribution < 1.29 is 28.6 Å². The summed E-state index contributed by atoms with van der Waals surface area (Å²) in [5, 5.41) is 0. The van der Waals surface area contributed by atoms with Crippen molar-refractivity contribution in [2.75, 3.05) is 13.2 Å². The molecule has 0 aromatic carbocycles. The molecule has 0 saturated heterocycles. The molecule has 358 valence electrons. The Kier molecular flexibility index (Phi) is 48.0. The van der Waals surface area contributed by atoms with Crippen LogP contribution in [0.5, 0.6) is 0 Å². The van der Waals surface area contributed by atoms with E-state index < -0.39 is 6.10 Å². The molecular weight excluding hydrogens is 781 g/mol. The van der Waals surface area contributed by atoms with Crippen LogP contribution in [0.4, 0.5) is 0 Å². The summed E-state index contributed by atoms with van der Waals surface area (Å²) >= 11 is 0. The first-order valence-electron chi connectivity index (χ1n) is 25.7. The Labute approximate surface area is 387 Å². The topological polar surface area (TPSA) is 78.9 Å². The van der Waals surface area contributed by atoms with Gasteiger partial charge in [-0.1, -0.05) is 208 Å². The molecule has 0 bridgehead atoms. The molecular formula is C57H94O6. The minimum Gasteiger partial charge on any atom is -0.462 e. The number of ether oxygens (including phenoxy) is 3. The number of carbonyl (C=O) groups is 3. The molecule has 6 nitrogen and oxygen atoms in total. The maximum Gasteiger partial charge on any atom is 0.306 e. The SMILES string of the molecule is CC/C=C\C/C=C\C/C=C\C/C=C\CCCCCCC(=O)OC[C@H](COC(=O)CCCCCCCCCCCCC)OC(=O)CCCCCC/C=C\C/C=C\C/C=C\C/C=C\CC. The third-order valence-corrected chi connectivity index (χ3v) is 10.6. The molecule has 0 aliphatic carbocycles. The summed E-state index contributed by atoms with van der Waals surface area (Å²) in [5.74, 6) is -0.947. The predicted octanol–water partition coefficient (Wildman–Crippen LogP) is 17.0. The van der Waals surface area contributed by atoms with Gasteiger partial charge >= 0.3 is 17.9 Å². The summed E-state index contributed by atoms with van der Waals surface area (Å²) in [6.07, 6.45) is 66.7. The summed E-state index contributed by atoms with van der Waals surface area (Å²) < 4.78 is 16.8. The van der Waals surface area contributed by atoms with Crippen molar-refractivity contribution in [3.8, 4) is 0 Å². The van der Waals surface area contributed by atoms with Crippen LogP contribution in [0.25, 0.3) is 0 Å². The lowest BCUT2D eigenvalue weighted by molar-refractivity contribution is -0.167. The molecule has 0 heterocycles. The summed E-state index contributed by atoms with van der Waals surface area (Å²) in [5.41, 5.74) is 0. The van der Waals surface area contributed by atoms with Crippen LogP contribution in [0.2, 0.25) is 0 Å². The molecule has 0 fully saturated rings. The molecule has 0 N–H and O–H groups in total. The molecule has 0 radical (unpaired) electrons. The largest absolute Gasteiger partial charge is 0.462 e. The number of esters is 3. The third kappa shape index (κ3) is 49.2. The van der Waals surface area contributed by atoms with E-state index in [9.17, 15) is 14.4 Å². The van der Waals surface area contributed by atoms with Crippen molar-refractivity contribution in [1.82, 2.24) is 0 Å². The molecule has 0 aromatic rings. The van der Waals surface area contributed by atoms with E-state index in [1.54, 1.807) is 0 Å². The standard InChI is InChI=1S/C57H94O6/c1-4-7-10-13-16-19-22-24-26-28-30-32-35-38-41-44-47-50-56(59)62-53-54(52-61-55(58)49-46-43-40-37-34-21-18-15-12-9-6-3)63-57(60)51-48-45-42-39-36-33-31-29-27-25-23-20-17-14-11-8-5-2/h7-8,10-11,16-17,19-20,24-27,30-33,54H,4-6,9,12-15,18,21-23,28-29,34-53H2,1-3H3/b10-7-,11-8-,19-16-,20-17-,26-24-,27-25-,32-30-,33-31-/t54-/m0/s1. The number of hydrogen-bond donors (Lipinski definition) is 0. The van der Waals surface area contributed by atoms with E-state index in [4.69, 9.17) is 14.2 Å². The first-order chi connectivity index (χ1) is 31.0. The predicted molar refractivity (Wildman–Crippen MR) is 270 cm³/mol.